The highest BCUT2D eigenvalue weighted by molar-refractivity contribution is 5.58. The Morgan fingerprint density at radius 2 is 2.35 bits per heavy atom. The fraction of sp³-hybridized carbons (Fsp3) is 0.545. The largest absolute Gasteiger partial charge is 0.349 e. The Hall–Kier alpha value is -1.69. The molecule has 1 N–H and O–H groups in total. The number of nitrogens with one attached hydrogen (secondary N) is 1. The van der Waals surface area contributed by atoms with Gasteiger partial charge < -0.3 is 10.2 Å². The molecule has 1 aromatic rings. The average Bonchev–Trinajstić information content (AvgIpc) is 2.76. The Morgan fingerprint density at radius 1 is 1.59 bits per heavy atom. The molecule has 92 valence electrons. The first kappa shape index (κ1) is 11.8. The van der Waals surface area contributed by atoms with E-state index in [2.05, 4.69) is 10.3 Å². The predicted molar refractivity (Wildman–Crippen MR) is 65.3 cm³/mol. The number of hydrogen-bond acceptors (Lipinski definition) is 5. The summed E-state index contributed by atoms with van der Waals surface area (Å²) in [5, 5.41) is 14.2. The number of aromatic nitrogens is 1. The molecule has 0 bridgehead atoms. The molecule has 1 aliphatic rings. The molecular weight excluding hydrogens is 220 g/mol. The molecule has 0 radical (unpaired) electrons. The van der Waals surface area contributed by atoms with Crippen LogP contribution in [0.5, 0.6) is 0 Å². The fourth-order valence-electron chi connectivity index (χ4n) is 2.10. The zero-order valence-electron chi connectivity index (χ0n) is 10.0. The maximum Gasteiger partial charge on any atom is 0.311 e. The smallest absolute Gasteiger partial charge is 0.311 e. The van der Waals surface area contributed by atoms with Gasteiger partial charge in [-0.05, 0) is 26.5 Å². The van der Waals surface area contributed by atoms with Gasteiger partial charge in [-0.15, -0.1) is 0 Å². The summed E-state index contributed by atoms with van der Waals surface area (Å²) < 4.78 is 0. The molecule has 1 unspecified atom stereocenters. The minimum Gasteiger partial charge on any atom is -0.349 e. The number of anilines is 1. The molecule has 1 aromatic heterocycles. The molecule has 6 heteroatoms. The molecule has 2 rings (SSSR count). The SMILES string of the molecule is CNC1CCN(c2nc(C)ccc2[N+](=O)[O-])C1. The molecule has 2 heterocycles. The van der Waals surface area contributed by atoms with Crippen LogP contribution in [0.2, 0.25) is 0 Å². The second kappa shape index (κ2) is 4.67. The number of rotatable bonds is 3. The first-order valence-electron chi connectivity index (χ1n) is 5.66. The van der Waals surface area contributed by atoms with Gasteiger partial charge in [0.15, 0.2) is 0 Å². The van der Waals surface area contributed by atoms with E-state index in [1.165, 1.54) is 6.07 Å². The van der Waals surface area contributed by atoms with E-state index in [0.29, 0.717) is 11.9 Å². The van der Waals surface area contributed by atoms with Crippen LogP contribution in [0.1, 0.15) is 12.1 Å². The topological polar surface area (TPSA) is 71.3 Å². The third-order valence-corrected chi connectivity index (χ3v) is 3.09. The number of pyridine rings is 1. The summed E-state index contributed by atoms with van der Waals surface area (Å²) in [5.74, 6) is 0.493. The van der Waals surface area contributed by atoms with Gasteiger partial charge in [0.25, 0.3) is 0 Å². The third kappa shape index (κ3) is 2.36. The van der Waals surface area contributed by atoms with E-state index < -0.39 is 0 Å². The maximum absolute atomic E-state index is 11.0. The van der Waals surface area contributed by atoms with Crippen molar-refractivity contribution >= 4 is 11.5 Å². The van der Waals surface area contributed by atoms with Crippen LogP contribution in [0, 0.1) is 17.0 Å². The Balaban J connectivity index is 2.31. The van der Waals surface area contributed by atoms with E-state index in [9.17, 15) is 10.1 Å². The van der Waals surface area contributed by atoms with Crippen molar-refractivity contribution in [1.29, 1.82) is 0 Å². The van der Waals surface area contributed by atoms with E-state index >= 15 is 0 Å². The maximum atomic E-state index is 11.0. The van der Waals surface area contributed by atoms with Gasteiger partial charge in [0, 0.05) is 30.9 Å². The summed E-state index contributed by atoms with van der Waals surface area (Å²) >= 11 is 0. The first-order chi connectivity index (χ1) is 8.11. The van der Waals surface area contributed by atoms with E-state index in [4.69, 9.17) is 0 Å². The highest BCUT2D eigenvalue weighted by Crippen LogP contribution is 2.28. The van der Waals surface area contributed by atoms with Crippen molar-refractivity contribution in [2.45, 2.75) is 19.4 Å². The number of hydrogen-bond donors (Lipinski definition) is 1. The van der Waals surface area contributed by atoms with E-state index in [-0.39, 0.29) is 10.6 Å². The second-order valence-corrected chi connectivity index (χ2v) is 4.27. The predicted octanol–water partition coefficient (Wildman–Crippen LogP) is 1.10. The summed E-state index contributed by atoms with van der Waals surface area (Å²) in [5.41, 5.74) is 0.894. The second-order valence-electron chi connectivity index (χ2n) is 4.27. The zero-order valence-corrected chi connectivity index (χ0v) is 10.0. The molecule has 1 fully saturated rings. The Labute approximate surface area is 99.8 Å². The van der Waals surface area contributed by atoms with Crippen LogP contribution in [-0.2, 0) is 0 Å². The van der Waals surface area contributed by atoms with Crippen molar-refractivity contribution in [3.8, 4) is 0 Å². The highest BCUT2D eigenvalue weighted by Gasteiger charge is 2.27. The van der Waals surface area contributed by atoms with Crippen molar-refractivity contribution in [2.24, 2.45) is 0 Å². The lowest BCUT2D eigenvalue weighted by Gasteiger charge is -2.17. The lowest BCUT2D eigenvalue weighted by molar-refractivity contribution is -0.384. The molecular formula is C11H16N4O2. The summed E-state index contributed by atoms with van der Waals surface area (Å²) in [6.45, 7) is 3.43. The van der Waals surface area contributed by atoms with Crippen molar-refractivity contribution in [3.05, 3.63) is 27.9 Å². The molecule has 0 saturated carbocycles. The Morgan fingerprint density at radius 3 is 2.94 bits per heavy atom. The van der Waals surface area contributed by atoms with Crippen LogP contribution in [0.4, 0.5) is 11.5 Å². The summed E-state index contributed by atoms with van der Waals surface area (Å²) in [7, 11) is 1.91. The normalized spacial score (nSPS) is 19.6. The first-order valence-corrected chi connectivity index (χ1v) is 5.66. The van der Waals surface area contributed by atoms with Gasteiger partial charge in [0.05, 0.1) is 4.92 Å². The van der Waals surface area contributed by atoms with Crippen molar-refractivity contribution in [1.82, 2.24) is 10.3 Å². The van der Waals surface area contributed by atoms with Crippen molar-refractivity contribution in [3.63, 3.8) is 0 Å². The van der Waals surface area contributed by atoms with Crippen molar-refractivity contribution < 1.29 is 4.92 Å². The van der Waals surface area contributed by atoms with Crippen LogP contribution in [0.15, 0.2) is 12.1 Å². The van der Waals surface area contributed by atoms with Gasteiger partial charge >= 0.3 is 5.69 Å². The molecule has 6 nitrogen and oxygen atoms in total. The number of likely N-dealkylation sites (N-methyl/N-ethyl adjacent to an activating group) is 1. The van der Waals surface area contributed by atoms with Crippen molar-refractivity contribution in [2.75, 3.05) is 25.0 Å². The van der Waals surface area contributed by atoms with Crippen LogP contribution in [0.3, 0.4) is 0 Å². The zero-order chi connectivity index (χ0) is 12.4. The number of nitro groups is 1. The van der Waals surface area contributed by atoms with Crippen LogP contribution >= 0.6 is 0 Å². The van der Waals surface area contributed by atoms with Gasteiger partial charge in [-0.3, -0.25) is 10.1 Å². The van der Waals surface area contributed by atoms with Gasteiger partial charge in [-0.1, -0.05) is 0 Å². The highest BCUT2D eigenvalue weighted by atomic mass is 16.6. The third-order valence-electron chi connectivity index (χ3n) is 3.09. The minimum atomic E-state index is -0.367. The average molecular weight is 236 g/mol. The number of nitrogens with zero attached hydrogens (tertiary/aromatic N) is 3. The van der Waals surface area contributed by atoms with Crippen LogP contribution < -0.4 is 10.2 Å². The van der Waals surface area contributed by atoms with Gasteiger partial charge in [0.1, 0.15) is 0 Å². The molecule has 0 spiro atoms. The molecule has 1 saturated heterocycles. The lowest BCUT2D eigenvalue weighted by atomic mass is 10.3. The molecule has 1 atom stereocenters. The molecule has 0 aliphatic carbocycles. The van der Waals surface area contributed by atoms with Crippen LogP contribution in [-0.4, -0.2) is 36.1 Å². The van der Waals surface area contributed by atoms with Crippen LogP contribution in [0.25, 0.3) is 0 Å². The van der Waals surface area contributed by atoms with E-state index in [0.717, 1.165) is 25.2 Å². The molecule has 0 amide bonds. The van der Waals surface area contributed by atoms with E-state index in [1.54, 1.807) is 6.07 Å². The van der Waals surface area contributed by atoms with E-state index in [1.807, 2.05) is 18.9 Å². The summed E-state index contributed by atoms with van der Waals surface area (Å²) in [6.07, 6.45) is 0.989. The van der Waals surface area contributed by atoms with Gasteiger partial charge in [0.2, 0.25) is 5.82 Å². The molecule has 17 heavy (non-hydrogen) atoms. The number of aryl methyl sites for hydroxylation is 1. The Kier molecular flexibility index (Phi) is 3.23. The summed E-state index contributed by atoms with van der Waals surface area (Å²) in [6, 6.07) is 3.59. The van der Waals surface area contributed by atoms with Gasteiger partial charge in [-0.25, -0.2) is 4.98 Å². The standard InChI is InChI=1S/C11H16N4O2/c1-8-3-4-10(15(16)17)11(13-8)14-6-5-9(7-14)12-2/h3-4,9,12H,5-7H2,1-2H3. The summed E-state index contributed by atoms with van der Waals surface area (Å²) in [4.78, 5) is 16.9. The Bertz CT molecular complexity index is 435. The molecule has 0 aromatic carbocycles. The fourth-order valence-corrected chi connectivity index (χ4v) is 2.10. The van der Waals surface area contributed by atoms with Gasteiger partial charge in [-0.2, -0.15) is 0 Å². The minimum absolute atomic E-state index is 0.0901. The molecule has 1 aliphatic heterocycles. The lowest BCUT2D eigenvalue weighted by Crippen LogP contribution is -2.30. The monoisotopic (exact) mass is 236 g/mol. The quantitative estimate of drug-likeness (QED) is 0.628.